The fourth-order valence-corrected chi connectivity index (χ4v) is 3.51. The Hall–Kier alpha value is -2.71. The molecule has 0 aliphatic heterocycles. The molecule has 0 aliphatic carbocycles. The molecule has 0 atom stereocenters. The molecule has 2 aromatic carbocycles. The van der Waals surface area contributed by atoms with E-state index in [1.165, 1.54) is 12.1 Å². The lowest BCUT2D eigenvalue weighted by Gasteiger charge is -2.00. The molecule has 2 aromatic heterocycles. The van der Waals surface area contributed by atoms with Crippen LogP contribution in [0.3, 0.4) is 0 Å². The van der Waals surface area contributed by atoms with Crippen molar-refractivity contribution < 1.29 is 12.8 Å². The van der Waals surface area contributed by atoms with Crippen molar-refractivity contribution in [2.24, 2.45) is 0 Å². The Morgan fingerprint density at radius 2 is 2.00 bits per heavy atom. The first kappa shape index (κ1) is 16.7. The summed E-state index contributed by atoms with van der Waals surface area (Å²) in [4.78, 5) is 10.8. The van der Waals surface area contributed by atoms with Crippen LogP contribution in [0.4, 0.5) is 4.39 Å². The smallest absolute Gasteiger partial charge is 0.208 e. The molecular formula is C18H17FN4O2S. The molecule has 0 spiro atoms. The summed E-state index contributed by atoms with van der Waals surface area (Å²) >= 11 is 0. The highest BCUT2D eigenvalue weighted by atomic mass is 32.2. The third kappa shape index (κ3) is 3.33. The molecule has 0 aliphatic rings. The van der Waals surface area contributed by atoms with E-state index in [4.69, 9.17) is 0 Å². The molecule has 3 N–H and O–H groups in total. The monoisotopic (exact) mass is 372 g/mol. The minimum atomic E-state index is -3.21. The second-order valence-corrected chi connectivity index (χ2v) is 8.06. The number of rotatable bonds is 5. The van der Waals surface area contributed by atoms with Crippen molar-refractivity contribution in [3.8, 4) is 11.1 Å². The van der Waals surface area contributed by atoms with Gasteiger partial charge in [-0.1, -0.05) is 6.07 Å². The minimum Gasteiger partial charge on any atom is -0.360 e. The van der Waals surface area contributed by atoms with Crippen LogP contribution in [0.1, 0.15) is 5.82 Å². The SMILES string of the molecule is CS(=O)(=O)NCCc1nc2ccc(-c3c[nH]c4cc(F)ccc34)cc2[nH]1. The van der Waals surface area contributed by atoms with E-state index in [2.05, 4.69) is 19.7 Å². The molecule has 0 fully saturated rings. The van der Waals surface area contributed by atoms with Gasteiger partial charge in [0.2, 0.25) is 10.0 Å². The number of hydrogen-bond acceptors (Lipinski definition) is 3. The van der Waals surface area contributed by atoms with Crippen molar-refractivity contribution in [1.29, 1.82) is 0 Å². The molecule has 0 saturated carbocycles. The normalized spacial score (nSPS) is 12.2. The molecule has 26 heavy (non-hydrogen) atoms. The average molecular weight is 372 g/mol. The number of hydrogen-bond donors (Lipinski definition) is 3. The van der Waals surface area contributed by atoms with E-state index < -0.39 is 10.0 Å². The van der Waals surface area contributed by atoms with Crippen LogP contribution in [-0.2, 0) is 16.4 Å². The van der Waals surface area contributed by atoms with Gasteiger partial charge in [0, 0.05) is 35.6 Å². The molecule has 4 rings (SSSR count). The van der Waals surface area contributed by atoms with Crippen molar-refractivity contribution in [3.05, 3.63) is 54.2 Å². The van der Waals surface area contributed by atoms with E-state index in [9.17, 15) is 12.8 Å². The van der Waals surface area contributed by atoms with Gasteiger partial charge in [0.25, 0.3) is 0 Å². The van der Waals surface area contributed by atoms with Gasteiger partial charge in [-0.3, -0.25) is 0 Å². The van der Waals surface area contributed by atoms with Crippen LogP contribution in [0.2, 0.25) is 0 Å². The number of nitrogens with one attached hydrogen (secondary N) is 3. The first-order chi connectivity index (χ1) is 12.4. The summed E-state index contributed by atoms with van der Waals surface area (Å²) in [6, 6.07) is 10.5. The van der Waals surface area contributed by atoms with Gasteiger partial charge in [-0.25, -0.2) is 22.5 Å². The molecule has 0 saturated heterocycles. The molecule has 4 aromatic rings. The lowest BCUT2D eigenvalue weighted by molar-refractivity contribution is 0.587. The number of aromatic nitrogens is 3. The summed E-state index contributed by atoms with van der Waals surface area (Å²) in [6.07, 6.45) is 3.47. The average Bonchev–Trinajstić information content (AvgIpc) is 3.15. The maximum Gasteiger partial charge on any atom is 0.208 e. The van der Waals surface area contributed by atoms with Crippen molar-refractivity contribution in [1.82, 2.24) is 19.7 Å². The number of H-pyrrole nitrogens is 2. The summed E-state index contributed by atoms with van der Waals surface area (Å²) in [5, 5.41) is 0.947. The van der Waals surface area contributed by atoms with Crippen LogP contribution < -0.4 is 4.72 Å². The van der Waals surface area contributed by atoms with Crippen molar-refractivity contribution in [2.75, 3.05) is 12.8 Å². The lowest BCUT2D eigenvalue weighted by Crippen LogP contribution is -2.24. The molecule has 8 heteroatoms. The fourth-order valence-electron chi connectivity index (χ4n) is 3.04. The number of benzene rings is 2. The van der Waals surface area contributed by atoms with Gasteiger partial charge in [-0.2, -0.15) is 0 Å². The van der Waals surface area contributed by atoms with Crippen LogP contribution in [0.25, 0.3) is 33.1 Å². The molecule has 0 unspecified atom stereocenters. The molecule has 0 radical (unpaired) electrons. The highest BCUT2D eigenvalue weighted by Crippen LogP contribution is 2.30. The zero-order valence-electron chi connectivity index (χ0n) is 14.0. The minimum absolute atomic E-state index is 0.276. The fraction of sp³-hybridized carbons (Fsp3) is 0.167. The highest BCUT2D eigenvalue weighted by molar-refractivity contribution is 7.88. The van der Waals surface area contributed by atoms with Crippen molar-refractivity contribution >= 4 is 32.0 Å². The molecular weight excluding hydrogens is 355 g/mol. The van der Waals surface area contributed by atoms with E-state index in [1.807, 2.05) is 24.4 Å². The van der Waals surface area contributed by atoms with Crippen LogP contribution in [-0.4, -0.2) is 36.2 Å². The van der Waals surface area contributed by atoms with Crippen LogP contribution >= 0.6 is 0 Å². The Morgan fingerprint density at radius 1 is 1.15 bits per heavy atom. The number of aromatic amines is 2. The van der Waals surface area contributed by atoms with Gasteiger partial charge in [0.15, 0.2) is 0 Å². The van der Waals surface area contributed by atoms with Crippen LogP contribution in [0, 0.1) is 5.82 Å². The summed E-state index contributed by atoms with van der Waals surface area (Å²) in [5.41, 5.74) is 4.40. The summed E-state index contributed by atoms with van der Waals surface area (Å²) in [7, 11) is -3.21. The quantitative estimate of drug-likeness (QED) is 0.503. The topological polar surface area (TPSA) is 90.6 Å². The maximum absolute atomic E-state index is 13.4. The summed E-state index contributed by atoms with van der Waals surface area (Å²) in [6.45, 7) is 0.291. The predicted molar refractivity (Wildman–Crippen MR) is 99.9 cm³/mol. The Balaban J connectivity index is 1.64. The number of fused-ring (bicyclic) bond motifs is 2. The zero-order valence-corrected chi connectivity index (χ0v) is 14.8. The van der Waals surface area contributed by atoms with E-state index in [-0.39, 0.29) is 5.82 Å². The van der Waals surface area contributed by atoms with Gasteiger partial charge in [-0.05, 0) is 35.9 Å². The van der Waals surface area contributed by atoms with Crippen molar-refractivity contribution in [3.63, 3.8) is 0 Å². The van der Waals surface area contributed by atoms with Gasteiger partial charge in [0.05, 0.1) is 17.3 Å². The summed E-state index contributed by atoms with van der Waals surface area (Å²) in [5.74, 6) is 0.441. The van der Waals surface area contributed by atoms with E-state index in [0.717, 1.165) is 39.3 Å². The Bertz CT molecular complexity index is 1210. The first-order valence-corrected chi connectivity index (χ1v) is 9.98. The zero-order chi connectivity index (χ0) is 18.3. The predicted octanol–water partition coefficient (Wildman–Crippen LogP) is 2.94. The Kier molecular flexibility index (Phi) is 4.01. The molecule has 0 amide bonds. The Morgan fingerprint density at radius 3 is 2.81 bits per heavy atom. The first-order valence-electron chi connectivity index (χ1n) is 8.09. The van der Waals surface area contributed by atoms with Crippen LogP contribution in [0.5, 0.6) is 0 Å². The number of nitrogens with zero attached hydrogens (tertiary/aromatic N) is 1. The van der Waals surface area contributed by atoms with Crippen molar-refractivity contribution in [2.45, 2.75) is 6.42 Å². The Labute approximate surface area is 149 Å². The standard InChI is InChI=1S/C18H17FN4O2S/c1-26(24,25)21-7-6-18-22-15-5-2-11(8-17(15)23-18)14-10-20-16-9-12(19)3-4-13(14)16/h2-5,8-10,20-21H,6-7H2,1H3,(H,22,23). The molecule has 0 bridgehead atoms. The second kappa shape index (κ2) is 6.22. The molecule has 6 nitrogen and oxygen atoms in total. The van der Waals surface area contributed by atoms with E-state index in [1.54, 1.807) is 6.07 Å². The second-order valence-electron chi connectivity index (χ2n) is 6.22. The summed E-state index contributed by atoms with van der Waals surface area (Å²) < 4.78 is 38.1. The molecule has 2 heterocycles. The van der Waals surface area contributed by atoms with E-state index >= 15 is 0 Å². The van der Waals surface area contributed by atoms with Crippen LogP contribution in [0.15, 0.2) is 42.6 Å². The van der Waals surface area contributed by atoms with Gasteiger partial charge in [0.1, 0.15) is 11.6 Å². The largest absolute Gasteiger partial charge is 0.360 e. The third-order valence-electron chi connectivity index (χ3n) is 4.21. The van der Waals surface area contributed by atoms with Gasteiger partial charge in [-0.15, -0.1) is 0 Å². The third-order valence-corrected chi connectivity index (χ3v) is 4.94. The number of imidazole rings is 1. The van der Waals surface area contributed by atoms with E-state index in [0.29, 0.717) is 18.8 Å². The number of sulfonamides is 1. The van der Waals surface area contributed by atoms with Gasteiger partial charge < -0.3 is 9.97 Å². The van der Waals surface area contributed by atoms with Gasteiger partial charge >= 0.3 is 0 Å². The molecule has 134 valence electrons. The lowest BCUT2D eigenvalue weighted by atomic mass is 10.0. The number of halogens is 1. The highest BCUT2D eigenvalue weighted by Gasteiger charge is 2.10. The maximum atomic E-state index is 13.4.